The molecule has 1 aliphatic rings. The second-order valence-electron chi connectivity index (χ2n) is 6.10. The zero-order chi connectivity index (χ0) is 15.6. The van der Waals surface area contributed by atoms with Gasteiger partial charge in [-0.25, -0.2) is 4.68 Å². The van der Waals surface area contributed by atoms with Gasteiger partial charge in [0.05, 0.1) is 17.3 Å². The van der Waals surface area contributed by atoms with Gasteiger partial charge in [0.1, 0.15) is 0 Å². The van der Waals surface area contributed by atoms with Crippen LogP contribution in [0.3, 0.4) is 0 Å². The minimum atomic E-state index is -0.677. The van der Waals surface area contributed by atoms with E-state index in [0.29, 0.717) is 0 Å². The van der Waals surface area contributed by atoms with Crippen LogP contribution in [0.15, 0.2) is 42.7 Å². The van der Waals surface area contributed by atoms with Gasteiger partial charge in [-0.2, -0.15) is 5.10 Å². The molecule has 1 unspecified atom stereocenters. The van der Waals surface area contributed by atoms with Crippen molar-refractivity contribution in [1.82, 2.24) is 15.1 Å². The summed E-state index contributed by atoms with van der Waals surface area (Å²) in [6, 6.07) is 9.86. The van der Waals surface area contributed by atoms with Crippen LogP contribution in [0.4, 0.5) is 0 Å². The van der Waals surface area contributed by atoms with E-state index in [-0.39, 0.29) is 24.4 Å². The van der Waals surface area contributed by atoms with Crippen LogP contribution < -0.4 is 11.1 Å². The lowest BCUT2D eigenvalue weighted by Gasteiger charge is -2.25. The minimum Gasteiger partial charge on any atom is -0.348 e. The number of aromatic nitrogens is 2. The Morgan fingerprint density at radius 3 is 2.52 bits per heavy atom. The van der Waals surface area contributed by atoms with Gasteiger partial charge in [-0.15, -0.1) is 12.4 Å². The highest BCUT2D eigenvalue weighted by atomic mass is 35.5. The van der Waals surface area contributed by atoms with Gasteiger partial charge in [-0.1, -0.05) is 25.0 Å². The third-order valence-corrected chi connectivity index (χ3v) is 4.46. The average Bonchev–Trinajstić information content (AvgIpc) is 3.19. The summed E-state index contributed by atoms with van der Waals surface area (Å²) in [5.74, 6) is -0.0337. The van der Waals surface area contributed by atoms with E-state index < -0.39 is 5.54 Å². The number of hydrogen-bond donors (Lipinski definition) is 2. The van der Waals surface area contributed by atoms with Crippen LogP contribution in [-0.2, 0) is 4.79 Å². The number of amides is 1. The fraction of sp³-hybridized carbons (Fsp3) is 0.412. The Hall–Kier alpha value is -1.85. The Bertz CT molecular complexity index is 633. The number of carbonyl (C=O) groups excluding carboxylic acids is 1. The van der Waals surface area contributed by atoms with Gasteiger partial charge in [0, 0.05) is 12.4 Å². The Kier molecular flexibility index (Phi) is 5.44. The lowest BCUT2D eigenvalue weighted by Crippen LogP contribution is -2.52. The average molecular weight is 335 g/mol. The fourth-order valence-electron chi connectivity index (χ4n) is 2.99. The molecule has 6 heteroatoms. The van der Waals surface area contributed by atoms with Crippen LogP contribution in [-0.4, -0.2) is 21.2 Å². The third-order valence-electron chi connectivity index (χ3n) is 4.46. The number of carbonyl (C=O) groups is 1. The quantitative estimate of drug-likeness (QED) is 0.903. The number of halogens is 1. The van der Waals surface area contributed by atoms with Crippen LogP contribution in [0.5, 0.6) is 0 Å². The minimum absolute atomic E-state index is 0. The van der Waals surface area contributed by atoms with Crippen molar-refractivity contribution in [2.45, 2.75) is 44.2 Å². The Morgan fingerprint density at radius 2 is 1.96 bits per heavy atom. The van der Waals surface area contributed by atoms with E-state index in [1.165, 1.54) is 0 Å². The van der Waals surface area contributed by atoms with Gasteiger partial charge in [-0.05, 0) is 43.5 Å². The van der Waals surface area contributed by atoms with E-state index in [1.807, 2.05) is 43.5 Å². The van der Waals surface area contributed by atoms with Crippen molar-refractivity contribution in [2.24, 2.45) is 5.73 Å². The molecule has 1 saturated carbocycles. The van der Waals surface area contributed by atoms with Crippen molar-refractivity contribution in [1.29, 1.82) is 0 Å². The van der Waals surface area contributed by atoms with Crippen LogP contribution in [0.25, 0.3) is 5.69 Å². The summed E-state index contributed by atoms with van der Waals surface area (Å²) in [5.41, 5.74) is 7.58. The first kappa shape index (κ1) is 17.5. The van der Waals surface area contributed by atoms with Gasteiger partial charge >= 0.3 is 0 Å². The number of rotatable bonds is 4. The summed E-state index contributed by atoms with van der Waals surface area (Å²) >= 11 is 0. The molecule has 124 valence electrons. The van der Waals surface area contributed by atoms with Crippen molar-refractivity contribution in [2.75, 3.05) is 0 Å². The van der Waals surface area contributed by atoms with Crippen molar-refractivity contribution in [3.8, 4) is 5.69 Å². The highest BCUT2D eigenvalue weighted by Crippen LogP contribution is 2.28. The summed E-state index contributed by atoms with van der Waals surface area (Å²) < 4.78 is 1.81. The Balaban J connectivity index is 0.00000192. The summed E-state index contributed by atoms with van der Waals surface area (Å²) in [6.07, 6.45) is 7.29. The van der Waals surface area contributed by atoms with Gasteiger partial charge in [0.25, 0.3) is 0 Å². The molecule has 3 N–H and O–H groups in total. The number of nitrogens with one attached hydrogen (secondary N) is 1. The molecule has 1 aromatic heterocycles. The van der Waals surface area contributed by atoms with Crippen LogP contribution in [0.2, 0.25) is 0 Å². The molecule has 0 saturated heterocycles. The van der Waals surface area contributed by atoms with E-state index in [9.17, 15) is 4.79 Å². The molecule has 1 heterocycles. The molecule has 3 rings (SSSR count). The monoisotopic (exact) mass is 334 g/mol. The lowest BCUT2D eigenvalue weighted by atomic mass is 9.97. The largest absolute Gasteiger partial charge is 0.348 e. The van der Waals surface area contributed by atoms with Gasteiger partial charge in [0.2, 0.25) is 5.91 Å². The van der Waals surface area contributed by atoms with Crippen LogP contribution in [0, 0.1) is 0 Å². The zero-order valence-corrected chi connectivity index (χ0v) is 14.1. The second kappa shape index (κ2) is 7.15. The number of nitrogens with zero attached hydrogens (tertiary/aromatic N) is 2. The number of nitrogens with two attached hydrogens (primary N) is 1. The molecule has 1 fully saturated rings. The SMILES string of the molecule is CC(NC(=O)C1(N)CCCC1)c1ccc(-n2cccn2)cc1.Cl. The third kappa shape index (κ3) is 3.74. The molecular formula is C17H23ClN4O. The molecule has 1 aliphatic carbocycles. The number of hydrogen-bond acceptors (Lipinski definition) is 3. The number of benzene rings is 1. The first-order valence-corrected chi connectivity index (χ1v) is 7.78. The lowest BCUT2D eigenvalue weighted by molar-refractivity contribution is -0.126. The van der Waals surface area contributed by atoms with Gasteiger partial charge in [0.15, 0.2) is 0 Å². The predicted molar refractivity (Wildman–Crippen MR) is 92.8 cm³/mol. The Morgan fingerprint density at radius 1 is 1.30 bits per heavy atom. The van der Waals surface area contributed by atoms with E-state index in [0.717, 1.165) is 36.9 Å². The molecule has 1 amide bonds. The van der Waals surface area contributed by atoms with Crippen LogP contribution in [0.1, 0.15) is 44.2 Å². The first-order chi connectivity index (χ1) is 10.6. The van der Waals surface area contributed by atoms with Crippen LogP contribution >= 0.6 is 12.4 Å². The molecule has 0 radical (unpaired) electrons. The maximum Gasteiger partial charge on any atom is 0.240 e. The van der Waals surface area contributed by atoms with Gasteiger partial charge in [-0.3, -0.25) is 4.79 Å². The molecule has 0 aliphatic heterocycles. The first-order valence-electron chi connectivity index (χ1n) is 7.78. The highest BCUT2D eigenvalue weighted by Gasteiger charge is 2.37. The van der Waals surface area contributed by atoms with E-state index in [2.05, 4.69) is 10.4 Å². The predicted octanol–water partition coefficient (Wildman–Crippen LogP) is 2.74. The Labute approximate surface area is 142 Å². The highest BCUT2D eigenvalue weighted by molar-refractivity contribution is 5.86. The summed E-state index contributed by atoms with van der Waals surface area (Å²) in [6.45, 7) is 1.99. The topological polar surface area (TPSA) is 72.9 Å². The molecular weight excluding hydrogens is 312 g/mol. The molecule has 1 atom stereocenters. The van der Waals surface area contributed by atoms with E-state index in [1.54, 1.807) is 10.9 Å². The van der Waals surface area contributed by atoms with Crippen molar-refractivity contribution >= 4 is 18.3 Å². The van der Waals surface area contributed by atoms with Crippen molar-refractivity contribution < 1.29 is 4.79 Å². The standard InChI is InChI=1S/C17H22N4O.ClH/c1-13(20-16(22)17(18)9-2-3-10-17)14-5-7-15(8-6-14)21-12-4-11-19-21;/h4-8,11-13H,2-3,9-10,18H2,1H3,(H,20,22);1H. The normalized spacial score (nSPS) is 17.3. The van der Waals surface area contributed by atoms with Crippen molar-refractivity contribution in [3.05, 3.63) is 48.3 Å². The summed E-state index contributed by atoms with van der Waals surface area (Å²) in [5, 5.41) is 7.25. The smallest absolute Gasteiger partial charge is 0.240 e. The summed E-state index contributed by atoms with van der Waals surface area (Å²) in [4.78, 5) is 12.4. The molecule has 0 spiro atoms. The zero-order valence-electron chi connectivity index (χ0n) is 13.2. The second-order valence-corrected chi connectivity index (χ2v) is 6.10. The maximum absolute atomic E-state index is 12.4. The summed E-state index contributed by atoms with van der Waals surface area (Å²) in [7, 11) is 0. The molecule has 2 aromatic rings. The maximum atomic E-state index is 12.4. The van der Waals surface area contributed by atoms with Gasteiger partial charge < -0.3 is 11.1 Å². The molecule has 1 aromatic carbocycles. The van der Waals surface area contributed by atoms with Crippen molar-refractivity contribution in [3.63, 3.8) is 0 Å². The fourth-order valence-corrected chi connectivity index (χ4v) is 2.99. The molecule has 5 nitrogen and oxygen atoms in total. The molecule has 0 bridgehead atoms. The van der Waals surface area contributed by atoms with E-state index >= 15 is 0 Å². The van der Waals surface area contributed by atoms with E-state index in [4.69, 9.17) is 5.73 Å². The molecule has 23 heavy (non-hydrogen) atoms.